The van der Waals surface area contributed by atoms with Crippen LogP contribution in [-0.2, 0) is 0 Å². The summed E-state index contributed by atoms with van der Waals surface area (Å²) in [6, 6.07) is 0. The standard InChI is InChI=1S/C9H18.C2H6/c1-4-6-8-9(3)7-5-2;1-2/h5,7,9H,4,6,8H2,1-3H3;1-2H3/b7-5+;/t9-;/m1./s1. The topological polar surface area (TPSA) is 0 Å². The van der Waals surface area contributed by atoms with E-state index in [0.717, 1.165) is 5.92 Å². The number of unbranched alkanes of at least 4 members (excludes halogenated alkanes) is 1. The summed E-state index contributed by atoms with van der Waals surface area (Å²) in [5.41, 5.74) is 0. The van der Waals surface area contributed by atoms with E-state index >= 15 is 0 Å². The minimum absolute atomic E-state index is 0.787. The fourth-order valence-corrected chi connectivity index (χ4v) is 0.951. The lowest BCUT2D eigenvalue weighted by atomic mass is 10.0. The van der Waals surface area contributed by atoms with Crippen molar-refractivity contribution in [1.29, 1.82) is 0 Å². The van der Waals surface area contributed by atoms with Crippen LogP contribution in [0.5, 0.6) is 0 Å². The zero-order chi connectivity index (χ0) is 9.11. The Kier molecular flexibility index (Phi) is 15.1. The Morgan fingerprint density at radius 3 is 2.18 bits per heavy atom. The predicted octanol–water partition coefficient (Wildman–Crippen LogP) is 4.42. The zero-order valence-corrected chi connectivity index (χ0v) is 8.85. The van der Waals surface area contributed by atoms with Gasteiger partial charge in [0.25, 0.3) is 0 Å². The minimum Gasteiger partial charge on any atom is -0.0914 e. The number of hydrogen-bond donors (Lipinski definition) is 0. The highest BCUT2D eigenvalue weighted by Crippen LogP contribution is 2.07. The summed E-state index contributed by atoms with van der Waals surface area (Å²) in [7, 11) is 0. The molecule has 0 aromatic rings. The van der Waals surface area contributed by atoms with Crippen molar-refractivity contribution in [1.82, 2.24) is 0 Å². The predicted molar refractivity (Wildman–Crippen MR) is 54.9 cm³/mol. The quantitative estimate of drug-likeness (QED) is 0.529. The van der Waals surface area contributed by atoms with Crippen LogP contribution in [0, 0.1) is 5.92 Å². The molecule has 0 saturated carbocycles. The molecule has 68 valence electrons. The van der Waals surface area contributed by atoms with Crippen LogP contribution >= 0.6 is 0 Å². The Morgan fingerprint density at radius 1 is 1.27 bits per heavy atom. The Hall–Kier alpha value is -0.260. The molecule has 0 amide bonds. The maximum atomic E-state index is 2.27. The van der Waals surface area contributed by atoms with Crippen LogP contribution in [0.1, 0.15) is 53.9 Å². The van der Waals surface area contributed by atoms with Gasteiger partial charge < -0.3 is 0 Å². The Bertz CT molecular complexity index is 72.1. The second-order valence-corrected chi connectivity index (χ2v) is 2.65. The van der Waals surface area contributed by atoms with Crippen LogP contribution in [0.15, 0.2) is 12.2 Å². The first kappa shape index (κ1) is 13.3. The van der Waals surface area contributed by atoms with E-state index in [1.165, 1.54) is 19.3 Å². The van der Waals surface area contributed by atoms with E-state index in [1.54, 1.807) is 0 Å². The monoisotopic (exact) mass is 156 g/mol. The molecule has 0 bridgehead atoms. The molecule has 0 N–H and O–H groups in total. The first-order chi connectivity index (χ1) is 5.31. The molecule has 0 aromatic carbocycles. The molecule has 11 heavy (non-hydrogen) atoms. The number of rotatable bonds is 4. The van der Waals surface area contributed by atoms with E-state index in [-0.39, 0.29) is 0 Å². The Labute approximate surface area is 72.7 Å². The van der Waals surface area contributed by atoms with Crippen molar-refractivity contribution >= 4 is 0 Å². The van der Waals surface area contributed by atoms with Crippen LogP contribution in [0.3, 0.4) is 0 Å². The van der Waals surface area contributed by atoms with Gasteiger partial charge in [-0.2, -0.15) is 0 Å². The maximum absolute atomic E-state index is 2.27. The molecule has 0 aromatic heterocycles. The third-order valence-electron chi connectivity index (χ3n) is 1.53. The summed E-state index contributed by atoms with van der Waals surface area (Å²) in [5.74, 6) is 0.787. The van der Waals surface area contributed by atoms with Gasteiger partial charge in [-0.05, 0) is 19.3 Å². The van der Waals surface area contributed by atoms with Crippen molar-refractivity contribution in [3.63, 3.8) is 0 Å². The largest absolute Gasteiger partial charge is 0.0914 e. The smallest absolute Gasteiger partial charge is 0.0262 e. The zero-order valence-electron chi connectivity index (χ0n) is 8.85. The molecule has 0 saturated heterocycles. The second kappa shape index (κ2) is 12.4. The van der Waals surface area contributed by atoms with E-state index in [2.05, 4.69) is 32.9 Å². The van der Waals surface area contributed by atoms with Gasteiger partial charge in [-0.3, -0.25) is 0 Å². The van der Waals surface area contributed by atoms with Gasteiger partial charge in [0.2, 0.25) is 0 Å². The van der Waals surface area contributed by atoms with Crippen LogP contribution in [-0.4, -0.2) is 0 Å². The normalized spacial score (nSPS) is 12.5. The summed E-state index contributed by atoms with van der Waals surface area (Å²) < 4.78 is 0. The van der Waals surface area contributed by atoms with Gasteiger partial charge in [0, 0.05) is 0 Å². The fraction of sp³-hybridized carbons (Fsp3) is 0.818. The molecule has 0 unspecified atom stereocenters. The molecule has 0 radical (unpaired) electrons. The van der Waals surface area contributed by atoms with Gasteiger partial charge in [-0.1, -0.05) is 52.7 Å². The molecule has 0 nitrogen and oxygen atoms in total. The van der Waals surface area contributed by atoms with Crippen LogP contribution in [0.4, 0.5) is 0 Å². The van der Waals surface area contributed by atoms with Gasteiger partial charge in [0.1, 0.15) is 0 Å². The molecule has 0 heterocycles. The SMILES string of the molecule is C/C=C/[C@@H](C)CCCC.CC. The first-order valence-electron chi connectivity index (χ1n) is 4.94. The second-order valence-electron chi connectivity index (χ2n) is 2.65. The van der Waals surface area contributed by atoms with Crippen molar-refractivity contribution in [3.05, 3.63) is 12.2 Å². The van der Waals surface area contributed by atoms with E-state index in [9.17, 15) is 0 Å². The van der Waals surface area contributed by atoms with Crippen molar-refractivity contribution < 1.29 is 0 Å². The van der Waals surface area contributed by atoms with Crippen molar-refractivity contribution in [2.24, 2.45) is 5.92 Å². The summed E-state index contributed by atoms with van der Waals surface area (Å²) >= 11 is 0. The third-order valence-corrected chi connectivity index (χ3v) is 1.53. The van der Waals surface area contributed by atoms with Crippen LogP contribution in [0.2, 0.25) is 0 Å². The van der Waals surface area contributed by atoms with Gasteiger partial charge in [0.05, 0.1) is 0 Å². The summed E-state index contributed by atoms with van der Waals surface area (Å²) in [6.45, 7) is 10.6. The average Bonchev–Trinajstić information content (AvgIpc) is 2.05. The minimum atomic E-state index is 0.787. The van der Waals surface area contributed by atoms with Crippen LogP contribution in [0.25, 0.3) is 0 Å². The Balaban J connectivity index is 0. The molecular weight excluding hydrogens is 132 g/mol. The van der Waals surface area contributed by atoms with E-state index in [0.29, 0.717) is 0 Å². The molecule has 0 fully saturated rings. The third kappa shape index (κ3) is 12.8. The molecular formula is C11H24. The Morgan fingerprint density at radius 2 is 1.82 bits per heavy atom. The summed E-state index contributed by atoms with van der Waals surface area (Å²) in [5, 5.41) is 0. The van der Waals surface area contributed by atoms with E-state index in [4.69, 9.17) is 0 Å². The molecule has 1 atom stereocenters. The molecule has 0 aliphatic carbocycles. The van der Waals surface area contributed by atoms with Gasteiger partial charge >= 0.3 is 0 Å². The van der Waals surface area contributed by atoms with Crippen LogP contribution < -0.4 is 0 Å². The van der Waals surface area contributed by atoms with Gasteiger partial charge in [-0.15, -0.1) is 0 Å². The highest BCUT2D eigenvalue weighted by atomic mass is 14.0. The molecule has 0 aliphatic rings. The fourth-order valence-electron chi connectivity index (χ4n) is 0.951. The van der Waals surface area contributed by atoms with Gasteiger partial charge in [-0.25, -0.2) is 0 Å². The maximum Gasteiger partial charge on any atom is -0.0262 e. The van der Waals surface area contributed by atoms with E-state index < -0.39 is 0 Å². The van der Waals surface area contributed by atoms with Crippen molar-refractivity contribution in [2.75, 3.05) is 0 Å². The lowest BCUT2D eigenvalue weighted by Gasteiger charge is -2.02. The molecule has 0 aliphatic heterocycles. The number of hydrogen-bond acceptors (Lipinski definition) is 0. The summed E-state index contributed by atoms with van der Waals surface area (Å²) in [6.07, 6.45) is 8.45. The molecule has 0 rings (SSSR count). The molecule has 0 heteroatoms. The number of allylic oxidation sites excluding steroid dienone is 2. The summed E-state index contributed by atoms with van der Waals surface area (Å²) in [4.78, 5) is 0. The lowest BCUT2D eigenvalue weighted by Crippen LogP contribution is -1.87. The first-order valence-corrected chi connectivity index (χ1v) is 4.94. The van der Waals surface area contributed by atoms with Crippen molar-refractivity contribution in [2.45, 2.75) is 53.9 Å². The average molecular weight is 156 g/mol. The van der Waals surface area contributed by atoms with Gasteiger partial charge in [0.15, 0.2) is 0 Å². The molecule has 0 spiro atoms. The lowest BCUT2D eigenvalue weighted by molar-refractivity contribution is 0.598. The van der Waals surface area contributed by atoms with Crippen molar-refractivity contribution in [3.8, 4) is 0 Å². The highest BCUT2D eigenvalue weighted by molar-refractivity contribution is 4.82. The van der Waals surface area contributed by atoms with E-state index in [1.807, 2.05) is 13.8 Å². The highest BCUT2D eigenvalue weighted by Gasteiger charge is 1.92.